The minimum atomic E-state index is -1.43. The number of esters is 2. The Balaban J connectivity index is 2.17. The van der Waals surface area contributed by atoms with Crippen LogP contribution in [0.2, 0.25) is 0 Å². The number of epoxide rings is 1. The quantitative estimate of drug-likeness (QED) is 0.143. The lowest BCUT2D eigenvalue weighted by atomic mass is 9.83. The van der Waals surface area contributed by atoms with Gasteiger partial charge in [0.2, 0.25) is 0 Å². The average molecular weight is 567 g/mol. The van der Waals surface area contributed by atoms with Crippen LogP contribution < -0.4 is 0 Å². The molecule has 9 nitrogen and oxygen atoms in total. The first-order valence-electron chi connectivity index (χ1n) is 14.4. The Morgan fingerprint density at radius 1 is 1.27 bits per heavy atom. The maximum Gasteiger partial charge on any atom is 0.309 e. The summed E-state index contributed by atoms with van der Waals surface area (Å²) in [5.74, 6) is -1.76. The lowest BCUT2D eigenvalue weighted by Crippen LogP contribution is -2.42. The Labute approximate surface area is 238 Å². The molecule has 0 aromatic heterocycles. The third-order valence-electron chi connectivity index (χ3n) is 8.47. The van der Waals surface area contributed by atoms with Crippen LogP contribution in [0.25, 0.3) is 0 Å². The summed E-state index contributed by atoms with van der Waals surface area (Å²) in [4.78, 5) is 24.3. The first kappa shape index (κ1) is 34.2. The molecule has 0 bridgehead atoms. The van der Waals surface area contributed by atoms with Crippen molar-refractivity contribution < 1.29 is 44.2 Å². The fourth-order valence-corrected chi connectivity index (χ4v) is 5.01. The van der Waals surface area contributed by atoms with E-state index < -0.39 is 47.6 Å². The van der Waals surface area contributed by atoms with E-state index in [1.54, 1.807) is 25.2 Å². The highest BCUT2D eigenvalue weighted by Crippen LogP contribution is 2.40. The number of aliphatic hydroxyl groups is 4. The molecule has 11 atom stereocenters. The van der Waals surface area contributed by atoms with E-state index in [0.717, 1.165) is 5.57 Å². The standard InChI is InChI=1S/C31H50O9/c1-9-30(7,36)21(5)28-29(40-28)26(35)18(2)11-10-12-19(3)27-20(4)13-14-24(38-22(6)32)31(8,37)16-15-23(33)17-25(34)39-27/h10-14,18,20-21,23-24,26-29,33,35-37H,9,15-17H2,1-8H3/b11-10+,14-13+,19-12+. The molecule has 4 N–H and O–H groups in total. The fourth-order valence-electron chi connectivity index (χ4n) is 5.01. The maximum absolute atomic E-state index is 12.6. The van der Waals surface area contributed by atoms with Crippen LogP contribution in [0.3, 0.4) is 0 Å². The van der Waals surface area contributed by atoms with Gasteiger partial charge < -0.3 is 34.6 Å². The minimum absolute atomic E-state index is 0.108. The highest BCUT2D eigenvalue weighted by atomic mass is 16.6. The molecular formula is C31H50O9. The molecule has 0 aromatic rings. The molecule has 2 aliphatic heterocycles. The summed E-state index contributed by atoms with van der Waals surface area (Å²) in [5, 5.41) is 42.6. The zero-order chi connectivity index (χ0) is 30.4. The molecule has 1 saturated heterocycles. The van der Waals surface area contributed by atoms with E-state index in [0.29, 0.717) is 6.42 Å². The Morgan fingerprint density at radius 2 is 1.93 bits per heavy atom. The number of carbonyl (C=O) groups excluding carboxylic acids is 2. The van der Waals surface area contributed by atoms with Gasteiger partial charge in [-0.3, -0.25) is 9.59 Å². The van der Waals surface area contributed by atoms with Crippen molar-refractivity contribution >= 4 is 11.9 Å². The van der Waals surface area contributed by atoms with E-state index >= 15 is 0 Å². The molecule has 0 spiro atoms. The lowest BCUT2D eigenvalue weighted by Gasteiger charge is -2.32. The predicted octanol–water partition coefficient (Wildman–Crippen LogP) is 3.38. The Kier molecular flexibility index (Phi) is 12.2. The smallest absolute Gasteiger partial charge is 0.309 e. The van der Waals surface area contributed by atoms with Gasteiger partial charge in [0, 0.05) is 24.7 Å². The zero-order valence-electron chi connectivity index (χ0n) is 25.2. The Bertz CT molecular complexity index is 950. The summed E-state index contributed by atoms with van der Waals surface area (Å²) < 4.78 is 16.8. The summed E-state index contributed by atoms with van der Waals surface area (Å²) in [7, 11) is 0. The second kappa shape index (κ2) is 14.2. The predicted molar refractivity (Wildman–Crippen MR) is 151 cm³/mol. The number of aliphatic hydroxyl groups excluding tert-OH is 2. The molecule has 2 heterocycles. The summed E-state index contributed by atoms with van der Waals surface area (Å²) >= 11 is 0. The molecule has 0 aromatic carbocycles. The average Bonchev–Trinajstić information content (AvgIpc) is 3.67. The lowest BCUT2D eigenvalue weighted by molar-refractivity contribution is -0.157. The molecule has 228 valence electrons. The van der Waals surface area contributed by atoms with Crippen molar-refractivity contribution in [3.8, 4) is 0 Å². The topological polar surface area (TPSA) is 146 Å². The van der Waals surface area contributed by atoms with Crippen LogP contribution in [0.5, 0.6) is 0 Å². The molecule has 0 radical (unpaired) electrons. The molecule has 0 aliphatic carbocycles. The van der Waals surface area contributed by atoms with Gasteiger partial charge in [-0.25, -0.2) is 0 Å². The van der Waals surface area contributed by atoms with Gasteiger partial charge in [-0.1, -0.05) is 52.0 Å². The van der Waals surface area contributed by atoms with E-state index in [2.05, 4.69) is 0 Å². The van der Waals surface area contributed by atoms with Crippen molar-refractivity contribution in [2.45, 2.75) is 129 Å². The van der Waals surface area contributed by atoms with Crippen molar-refractivity contribution in [3.05, 3.63) is 36.0 Å². The number of cyclic esters (lactones) is 1. The second-order valence-corrected chi connectivity index (χ2v) is 12.1. The van der Waals surface area contributed by atoms with Crippen LogP contribution in [0.15, 0.2) is 36.0 Å². The van der Waals surface area contributed by atoms with Gasteiger partial charge >= 0.3 is 11.9 Å². The molecule has 0 amide bonds. The van der Waals surface area contributed by atoms with Gasteiger partial charge in [0.25, 0.3) is 0 Å². The van der Waals surface area contributed by atoms with Crippen molar-refractivity contribution in [2.75, 3.05) is 0 Å². The number of allylic oxidation sites excluding steroid dienone is 2. The van der Waals surface area contributed by atoms with Gasteiger partial charge in [0.1, 0.15) is 23.9 Å². The third kappa shape index (κ3) is 9.52. The number of hydrogen-bond donors (Lipinski definition) is 4. The van der Waals surface area contributed by atoms with Crippen LogP contribution in [0, 0.1) is 17.8 Å². The molecule has 1 fully saturated rings. The van der Waals surface area contributed by atoms with Gasteiger partial charge in [0.15, 0.2) is 0 Å². The van der Waals surface area contributed by atoms with E-state index in [-0.39, 0.29) is 49.2 Å². The first-order chi connectivity index (χ1) is 18.5. The summed E-state index contributed by atoms with van der Waals surface area (Å²) in [6.45, 7) is 14.0. The molecule has 40 heavy (non-hydrogen) atoms. The van der Waals surface area contributed by atoms with Crippen molar-refractivity contribution in [3.63, 3.8) is 0 Å². The fraction of sp³-hybridized carbons (Fsp3) is 0.742. The summed E-state index contributed by atoms with van der Waals surface area (Å²) in [6.07, 6.45) is 5.55. The highest BCUT2D eigenvalue weighted by Gasteiger charge is 2.52. The van der Waals surface area contributed by atoms with Gasteiger partial charge in [-0.2, -0.15) is 0 Å². The van der Waals surface area contributed by atoms with Gasteiger partial charge in [0.05, 0.1) is 30.3 Å². The van der Waals surface area contributed by atoms with Crippen LogP contribution in [0.1, 0.15) is 81.1 Å². The number of ether oxygens (including phenoxy) is 3. The number of hydrogen-bond acceptors (Lipinski definition) is 9. The molecule has 2 rings (SSSR count). The summed E-state index contributed by atoms with van der Waals surface area (Å²) in [6, 6.07) is 0. The molecule has 9 heteroatoms. The van der Waals surface area contributed by atoms with E-state index in [1.165, 1.54) is 13.8 Å². The van der Waals surface area contributed by atoms with E-state index in [9.17, 15) is 30.0 Å². The van der Waals surface area contributed by atoms with Gasteiger partial charge in [-0.05, 0) is 51.7 Å². The zero-order valence-corrected chi connectivity index (χ0v) is 25.2. The van der Waals surface area contributed by atoms with Crippen molar-refractivity contribution in [1.82, 2.24) is 0 Å². The Morgan fingerprint density at radius 3 is 2.52 bits per heavy atom. The highest BCUT2D eigenvalue weighted by molar-refractivity contribution is 5.70. The van der Waals surface area contributed by atoms with Crippen LogP contribution in [-0.2, 0) is 23.8 Å². The molecule has 0 saturated carbocycles. The monoisotopic (exact) mass is 566 g/mol. The number of carbonyl (C=O) groups is 2. The third-order valence-corrected chi connectivity index (χ3v) is 8.47. The maximum atomic E-state index is 12.6. The Hall–Kier alpha value is -2.04. The van der Waals surface area contributed by atoms with Crippen LogP contribution in [0.4, 0.5) is 0 Å². The molecule has 2 aliphatic rings. The van der Waals surface area contributed by atoms with E-state index in [4.69, 9.17) is 14.2 Å². The first-order valence-corrected chi connectivity index (χ1v) is 14.4. The van der Waals surface area contributed by atoms with E-state index in [1.807, 2.05) is 46.8 Å². The second-order valence-electron chi connectivity index (χ2n) is 12.1. The minimum Gasteiger partial charge on any atom is -0.457 e. The normalized spacial score (nSPS) is 36.8. The summed E-state index contributed by atoms with van der Waals surface area (Å²) in [5.41, 5.74) is -1.56. The largest absolute Gasteiger partial charge is 0.457 e. The molecular weight excluding hydrogens is 516 g/mol. The SMILES string of the molecule is CCC(C)(O)C(C)C1OC1C(O)C(C)/C=C/C=C(\C)C1OC(=O)CC(O)CCC(C)(O)C(OC(C)=O)/C=C/C1C. The van der Waals surface area contributed by atoms with Crippen LogP contribution in [-0.4, -0.2) is 80.2 Å². The van der Waals surface area contributed by atoms with Crippen molar-refractivity contribution in [1.29, 1.82) is 0 Å². The number of rotatable bonds is 9. The van der Waals surface area contributed by atoms with Crippen LogP contribution >= 0.6 is 0 Å². The molecule has 11 unspecified atom stereocenters. The van der Waals surface area contributed by atoms with Crippen molar-refractivity contribution in [2.24, 2.45) is 17.8 Å². The van der Waals surface area contributed by atoms with Gasteiger partial charge in [-0.15, -0.1) is 0 Å².